The van der Waals surface area contributed by atoms with Gasteiger partial charge in [-0.1, -0.05) is 166 Å². The van der Waals surface area contributed by atoms with Gasteiger partial charge < -0.3 is 0 Å². The molecule has 0 atom stereocenters. The van der Waals surface area contributed by atoms with Gasteiger partial charge in [0, 0.05) is 5.41 Å². The molecule has 0 nitrogen and oxygen atoms in total. The van der Waals surface area contributed by atoms with E-state index in [2.05, 4.69) is 184 Å². The summed E-state index contributed by atoms with van der Waals surface area (Å²) >= 11 is 0. The molecule has 53 heavy (non-hydrogen) atoms. The summed E-state index contributed by atoms with van der Waals surface area (Å²) in [6.45, 7) is 4.75. The fourth-order valence-corrected chi connectivity index (χ4v) is 10.1. The Labute approximate surface area is 307 Å². The molecule has 0 aliphatic heterocycles. The maximum Gasteiger partial charge on any atom is 0.0159 e. The van der Waals surface area contributed by atoms with Crippen molar-refractivity contribution in [3.63, 3.8) is 0 Å². The summed E-state index contributed by atoms with van der Waals surface area (Å²) in [6.07, 6.45) is 0. The Morgan fingerprint density at radius 3 is 1.38 bits per heavy atom. The molecule has 0 radical (unpaired) electrons. The second kappa shape index (κ2) is 10.3. The molecule has 0 spiro atoms. The summed E-state index contributed by atoms with van der Waals surface area (Å²) in [5.74, 6) is 0. The van der Waals surface area contributed by atoms with Crippen molar-refractivity contribution in [2.45, 2.75) is 19.3 Å². The van der Waals surface area contributed by atoms with Gasteiger partial charge in [0.2, 0.25) is 0 Å². The first-order valence-electron chi connectivity index (χ1n) is 18.8. The van der Waals surface area contributed by atoms with Crippen molar-refractivity contribution in [1.29, 1.82) is 0 Å². The highest BCUT2D eigenvalue weighted by Gasteiger charge is 2.34. The third-order valence-corrected chi connectivity index (χ3v) is 12.6. The van der Waals surface area contributed by atoms with Gasteiger partial charge in [0.05, 0.1) is 0 Å². The van der Waals surface area contributed by atoms with Crippen molar-refractivity contribution >= 4 is 75.4 Å². The quantitative estimate of drug-likeness (QED) is 0.130. The highest BCUT2D eigenvalue weighted by molar-refractivity contribution is 6.34. The molecule has 0 N–H and O–H groups in total. The summed E-state index contributed by atoms with van der Waals surface area (Å²) in [6, 6.07) is 64.0. The van der Waals surface area contributed by atoms with Gasteiger partial charge in [-0.2, -0.15) is 0 Å². The average molecular weight is 671 g/mol. The summed E-state index contributed by atoms with van der Waals surface area (Å²) < 4.78 is 0. The molecule has 0 saturated carbocycles. The van der Waals surface area contributed by atoms with Crippen LogP contribution in [0, 0.1) is 0 Å². The first-order chi connectivity index (χ1) is 26.0. The van der Waals surface area contributed by atoms with E-state index in [0.717, 1.165) is 0 Å². The number of benzene rings is 11. The van der Waals surface area contributed by atoms with E-state index in [-0.39, 0.29) is 5.41 Å². The van der Waals surface area contributed by atoms with Crippen molar-refractivity contribution in [3.05, 3.63) is 181 Å². The van der Waals surface area contributed by atoms with E-state index in [0.29, 0.717) is 0 Å². The van der Waals surface area contributed by atoms with Crippen LogP contribution in [0.15, 0.2) is 170 Å². The molecule has 0 unspecified atom stereocenters. The van der Waals surface area contributed by atoms with Crippen LogP contribution in [0.5, 0.6) is 0 Å². The van der Waals surface area contributed by atoms with Crippen LogP contribution in [-0.4, -0.2) is 0 Å². The fraction of sp³-hybridized carbons (Fsp3) is 0.0566. The Morgan fingerprint density at radius 1 is 0.283 bits per heavy atom. The maximum atomic E-state index is 2.43. The van der Waals surface area contributed by atoms with Crippen molar-refractivity contribution in [1.82, 2.24) is 0 Å². The molecule has 0 bridgehead atoms. The van der Waals surface area contributed by atoms with Gasteiger partial charge in [-0.15, -0.1) is 0 Å². The lowest BCUT2D eigenvalue weighted by Gasteiger charge is -2.21. The monoisotopic (exact) mass is 670 g/mol. The van der Waals surface area contributed by atoms with Crippen LogP contribution in [-0.2, 0) is 5.41 Å². The Balaban J connectivity index is 1.000. The SMILES string of the molecule is CC1(C)c2cccc3c4ccc(-c5cccc(-c6cccc(-c7ccc8c9cccc%10cccc(c%11cccc7c%118)c%109)c6)c5)cc4c4cccc1c4c23. The van der Waals surface area contributed by atoms with E-state index in [1.807, 2.05) is 0 Å². The summed E-state index contributed by atoms with van der Waals surface area (Å²) in [7, 11) is 0. The highest BCUT2D eigenvalue weighted by atomic mass is 14.4. The Bertz CT molecular complexity index is 3310. The molecule has 11 aromatic carbocycles. The lowest BCUT2D eigenvalue weighted by atomic mass is 9.82. The minimum atomic E-state index is -0.00339. The fourth-order valence-electron chi connectivity index (χ4n) is 10.1. The predicted molar refractivity (Wildman–Crippen MR) is 229 cm³/mol. The van der Waals surface area contributed by atoms with Crippen LogP contribution < -0.4 is 0 Å². The smallest absolute Gasteiger partial charge is 0.0159 e. The number of hydrogen-bond acceptors (Lipinski definition) is 0. The van der Waals surface area contributed by atoms with Gasteiger partial charge >= 0.3 is 0 Å². The number of hydrogen-bond donors (Lipinski definition) is 0. The van der Waals surface area contributed by atoms with Gasteiger partial charge in [-0.3, -0.25) is 0 Å². The van der Waals surface area contributed by atoms with E-state index in [1.165, 1.54) is 120 Å². The van der Waals surface area contributed by atoms with Crippen molar-refractivity contribution in [2.24, 2.45) is 0 Å². The van der Waals surface area contributed by atoms with Gasteiger partial charge in [-0.25, -0.2) is 0 Å². The summed E-state index contributed by atoms with van der Waals surface area (Å²) in [4.78, 5) is 0. The third-order valence-electron chi connectivity index (χ3n) is 12.6. The predicted octanol–water partition coefficient (Wildman–Crippen LogP) is 14.8. The first-order valence-corrected chi connectivity index (χ1v) is 18.8. The molecule has 1 aliphatic rings. The molecule has 0 heteroatoms. The first kappa shape index (κ1) is 29.1. The van der Waals surface area contributed by atoms with Crippen LogP contribution in [0.3, 0.4) is 0 Å². The second-order valence-electron chi connectivity index (χ2n) is 15.6. The minimum absolute atomic E-state index is 0.00339. The van der Waals surface area contributed by atoms with E-state index in [4.69, 9.17) is 0 Å². The summed E-state index contributed by atoms with van der Waals surface area (Å²) in [5, 5.41) is 18.9. The van der Waals surface area contributed by atoms with E-state index >= 15 is 0 Å². The molecule has 11 aromatic rings. The summed E-state index contributed by atoms with van der Waals surface area (Å²) in [5.41, 5.74) is 10.3. The van der Waals surface area contributed by atoms with E-state index < -0.39 is 0 Å². The van der Waals surface area contributed by atoms with Gasteiger partial charge in [0.1, 0.15) is 0 Å². The van der Waals surface area contributed by atoms with Crippen molar-refractivity contribution in [2.75, 3.05) is 0 Å². The van der Waals surface area contributed by atoms with Crippen LogP contribution in [0.2, 0.25) is 0 Å². The Hall–Kier alpha value is -6.50. The normalized spacial score (nSPS) is 13.6. The zero-order valence-electron chi connectivity index (χ0n) is 29.7. The lowest BCUT2D eigenvalue weighted by molar-refractivity contribution is 0.663. The van der Waals surface area contributed by atoms with Crippen molar-refractivity contribution in [3.8, 4) is 33.4 Å². The topological polar surface area (TPSA) is 0 Å². The van der Waals surface area contributed by atoms with Gasteiger partial charge in [0.15, 0.2) is 0 Å². The standard InChI is InChI=1S/C53H34/c1-53(2)47-22-8-20-40-38-25-24-35(30-46(38)44-21-9-23-48(53)52(44)51(40)47)33-13-3-12-32(28-33)34-14-4-15-36(29-34)37-26-27-45-42-17-6-11-31-10-5-16-41(49(31)42)43-19-7-18-39(37)50(43)45/h3-30H,1-2H3. The molecule has 246 valence electrons. The largest absolute Gasteiger partial charge is 0.0613 e. The molecule has 0 heterocycles. The molecular weight excluding hydrogens is 637 g/mol. The van der Waals surface area contributed by atoms with Gasteiger partial charge in [-0.05, 0) is 138 Å². The second-order valence-corrected chi connectivity index (χ2v) is 15.6. The number of fused-ring (bicyclic) bond motifs is 5. The van der Waals surface area contributed by atoms with Crippen LogP contribution in [0.25, 0.3) is 109 Å². The maximum absolute atomic E-state index is 2.43. The molecule has 0 fully saturated rings. The van der Waals surface area contributed by atoms with Crippen LogP contribution >= 0.6 is 0 Å². The van der Waals surface area contributed by atoms with Crippen LogP contribution in [0.1, 0.15) is 25.0 Å². The highest BCUT2D eigenvalue weighted by Crippen LogP contribution is 2.51. The molecular formula is C53H34. The average Bonchev–Trinajstić information content (AvgIpc) is 3.45. The minimum Gasteiger partial charge on any atom is -0.0613 e. The van der Waals surface area contributed by atoms with E-state index in [9.17, 15) is 0 Å². The van der Waals surface area contributed by atoms with Gasteiger partial charge in [0.25, 0.3) is 0 Å². The molecule has 0 saturated heterocycles. The van der Waals surface area contributed by atoms with Crippen molar-refractivity contribution < 1.29 is 0 Å². The molecule has 0 amide bonds. The molecule has 1 aliphatic carbocycles. The zero-order valence-corrected chi connectivity index (χ0v) is 29.7. The number of rotatable bonds is 3. The Kier molecular flexibility index (Phi) is 5.66. The lowest BCUT2D eigenvalue weighted by Crippen LogP contribution is -2.14. The third kappa shape index (κ3) is 3.85. The van der Waals surface area contributed by atoms with E-state index in [1.54, 1.807) is 0 Å². The zero-order chi connectivity index (χ0) is 35.0. The molecule has 12 rings (SSSR count). The van der Waals surface area contributed by atoms with Crippen LogP contribution in [0.4, 0.5) is 0 Å². The molecule has 0 aromatic heterocycles. The Morgan fingerprint density at radius 2 is 0.717 bits per heavy atom.